The normalized spacial score (nSPS) is 23.6. The summed E-state index contributed by atoms with van der Waals surface area (Å²) in [6.07, 6.45) is 2.67. The summed E-state index contributed by atoms with van der Waals surface area (Å²) in [6.45, 7) is 0.938. The molecule has 0 unspecified atom stereocenters. The highest BCUT2D eigenvalue weighted by molar-refractivity contribution is 5.85. The van der Waals surface area contributed by atoms with E-state index in [1.54, 1.807) is 4.90 Å². The summed E-state index contributed by atoms with van der Waals surface area (Å²) in [5.74, 6) is -0.902. The third-order valence-electron chi connectivity index (χ3n) is 4.78. The molecule has 1 aliphatic carbocycles. The molecule has 1 atom stereocenters. The average molecular weight is 303 g/mol. The molecule has 1 aromatic rings. The van der Waals surface area contributed by atoms with Gasteiger partial charge in [-0.15, -0.1) is 0 Å². The van der Waals surface area contributed by atoms with Crippen LogP contribution in [0.15, 0.2) is 30.3 Å². The lowest BCUT2D eigenvalue weighted by molar-refractivity contribution is -0.165. The SMILES string of the molecule is O=C(O)[C@@H]1CN(C(=O)C2(Cc3ccccc3)CCC2)CCO1. The molecule has 1 heterocycles. The molecule has 1 N–H and O–H groups in total. The summed E-state index contributed by atoms with van der Waals surface area (Å²) in [7, 11) is 0. The number of carboxylic acid groups (broad SMARTS) is 1. The van der Waals surface area contributed by atoms with Crippen LogP contribution in [-0.4, -0.2) is 47.7 Å². The smallest absolute Gasteiger partial charge is 0.334 e. The third-order valence-corrected chi connectivity index (χ3v) is 4.78. The molecule has 1 aromatic carbocycles. The Balaban J connectivity index is 1.72. The van der Waals surface area contributed by atoms with Gasteiger partial charge >= 0.3 is 5.97 Å². The van der Waals surface area contributed by atoms with Crippen LogP contribution in [0.4, 0.5) is 0 Å². The van der Waals surface area contributed by atoms with Crippen LogP contribution in [0, 0.1) is 5.41 Å². The Morgan fingerprint density at radius 2 is 2.00 bits per heavy atom. The second-order valence-electron chi connectivity index (χ2n) is 6.25. The highest BCUT2D eigenvalue weighted by Crippen LogP contribution is 2.45. The van der Waals surface area contributed by atoms with Crippen molar-refractivity contribution in [3.8, 4) is 0 Å². The number of ether oxygens (including phenoxy) is 1. The lowest BCUT2D eigenvalue weighted by Gasteiger charge is -2.45. The molecule has 1 saturated heterocycles. The van der Waals surface area contributed by atoms with Crippen molar-refractivity contribution in [2.24, 2.45) is 5.41 Å². The lowest BCUT2D eigenvalue weighted by atomic mass is 9.64. The number of carboxylic acids is 1. The van der Waals surface area contributed by atoms with E-state index < -0.39 is 12.1 Å². The first-order valence-corrected chi connectivity index (χ1v) is 7.78. The second-order valence-corrected chi connectivity index (χ2v) is 6.25. The number of nitrogens with zero attached hydrogens (tertiary/aromatic N) is 1. The fourth-order valence-corrected chi connectivity index (χ4v) is 3.37. The predicted molar refractivity (Wildman–Crippen MR) is 80.4 cm³/mol. The summed E-state index contributed by atoms with van der Waals surface area (Å²) in [5, 5.41) is 9.08. The molecule has 1 amide bonds. The lowest BCUT2D eigenvalue weighted by Crippen LogP contribution is -2.55. The second kappa shape index (κ2) is 6.08. The molecular formula is C17H21NO4. The largest absolute Gasteiger partial charge is 0.479 e. The summed E-state index contributed by atoms with van der Waals surface area (Å²) < 4.78 is 5.21. The maximum Gasteiger partial charge on any atom is 0.334 e. The Hall–Kier alpha value is -1.88. The molecule has 1 aliphatic heterocycles. The highest BCUT2D eigenvalue weighted by atomic mass is 16.5. The molecule has 0 spiro atoms. The summed E-state index contributed by atoms with van der Waals surface area (Å²) in [6, 6.07) is 10.0. The minimum Gasteiger partial charge on any atom is -0.479 e. The van der Waals surface area contributed by atoms with E-state index in [1.165, 1.54) is 5.56 Å². The molecule has 1 saturated carbocycles. The number of benzene rings is 1. The van der Waals surface area contributed by atoms with Crippen LogP contribution in [0.1, 0.15) is 24.8 Å². The average Bonchev–Trinajstić information content (AvgIpc) is 2.51. The van der Waals surface area contributed by atoms with Gasteiger partial charge in [-0.3, -0.25) is 4.79 Å². The number of carbonyl (C=O) groups is 2. The van der Waals surface area contributed by atoms with E-state index in [1.807, 2.05) is 30.3 Å². The van der Waals surface area contributed by atoms with E-state index in [2.05, 4.69) is 0 Å². The molecule has 2 aliphatic rings. The van der Waals surface area contributed by atoms with Gasteiger partial charge in [0.1, 0.15) is 0 Å². The predicted octanol–water partition coefficient (Wildman–Crippen LogP) is 1.71. The van der Waals surface area contributed by atoms with Crippen LogP contribution in [0.2, 0.25) is 0 Å². The Morgan fingerprint density at radius 3 is 2.59 bits per heavy atom. The van der Waals surface area contributed by atoms with E-state index in [-0.39, 0.29) is 17.9 Å². The number of rotatable bonds is 4. The summed E-state index contributed by atoms with van der Waals surface area (Å²) in [4.78, 5) is 25.7. The van der Waals surface area contributed by atoms with E-state index in [4.69, 9.17) is 9.84 Å². The van der Waals surface area contributed by atoms with Gasteiger partial charge in [0.15, 0.2) is 6.10 Å². The van der Waals surface area contributed by atoms with Gasteiger partial charge in [-0.1, -0.05) is 36.8 Å². The number of aliphatic carboxylic acids is 1. The molecule has 0 aromatic heterocycles. The highest BCUT2D eigenvalue weighted by Gasteiger charge is 2.47. The monoisotopic (exact) mass is 303 g/mol. The Bertz CT molecular complexity index is 553. The van der Waals surface area contributed by atoms with Crippen molar-refractivity contribution in [2.45, 2.75) is 31.8 Å². The summed E-state index contributed by atoms with van der Waals surface area (Å²) in [5.41, 5.74) is 0.820. The van der Waals surface area contributed by atoms with Crippen LogP contribution in [0.5, 0.6) is 0 Å². The van der Waals surface area contributed by atoms with Crippen LogP contribution in [0.25, 0.3) is 0 Å². The van der Waals surface area contributed by atoms with Crippen molar-refractivity contribution in [3.05, 3.63) is 35.9 Å². The quantitative estimate of drug-likeness (QED) is 0.919. The molecule has 0 bridgehead atoms. The summed E-state index contributed by atoms with van der Waals surface area (Å²) >= 11 is 0. The van der Waals surface area contributed by atoms with E-state index in [0.717, 1.165) is 25.7 Å². The molecule has 22 heavy (non-hydrogen) atoms. The molecule has 118 valence electrons. The first-order chi connectivity index (χ1) is 10.6. The number of amides is 1. The zero-order chi connectivity index (χ0) is 15.6. The third kappa shape index (κ3) is 2.86. The standard InChI is InChI=1S/C17H21NO4/c19-15(20)14-12-18(9-10-22-14)16(21)17(7-4-8-17)11-13-5-2-1-3-6-13/h1-3,5-6,14H,4,7-12H2,(H,19,20)/t14-/m0/s1. The zero-order valence-corrected chi connectivity index (χ0v) is 12.5. The van der Waals surface area contributed by atoms with Crippen LogP contribution in [-0.2, 0) is 20.7 Å². The van der Waals surface area contributed by atoms with Gasteiger partial charge in [0.05, 0.1) is 18.6 Å². The van der Waals surface area contributed by atoms with Crippen LogP contribution < -0.4 is 0 Å². The molecule has 5 heteroatoms. The van der Waals surface area contributed by atoms with Crippen molar-refractivity contribution in [1.82, 2.24) is 4.90 Å². The maximum absolute atomic E-state index is 13.0. The van der Waals surface area contributed by atoms with E-state index >= 15 is 0 Å². The first kappa shape index (κ1) is 15.0. The Labute approximate surface area is 129 Å². The number of carbonyl (C=O) groups excluding carboxylic acids is 1. The van der Waals surface area contributed by atoms with Gasteiger partial charge < -0.3 is 14.7 Å². The van der Waals surface area contributed by atoms with Crippen LogP contribution in [0.3, 0.4) is 0 Å². The first-order valence-electron chi connectivity index (χ1n) is 7.78. The minimum atomic E-state index is -0.997. The van der Waals surface area contributed by atoms with Gasteiger partial charge in [0.25, 0.3) is 0 Å². The number of hydrogen-bond acceptors (Lipinski definition) is 3. The minimum absolute atomic E-state index is 0.0946. The topological polar surface area (TPSA) is 66.8 Å². The van der Waals surface area contributed by atoms with Gasteiger partial charge in [-0.05, 0) is 24.8 Å². The zero-order valence-electron chi connectivity index (χ0n) is 12.5. The number of hydrogen-bond donors (Lipinski definition) is 1. The van der Waals surface area contributed by atoms with Gasteiger partial charge in [0, 0.05) is 6.54 Å². The van der Waals surface area contributed by atoms with Crippen molar-refractivity contribution < 1.29 is 19.4 Å². The van der Waals surface area contributed by atoms with Crippen molar-refractivity contribution in [2.75, 3.05) is 19.7 Å². The molecule has 2 fully saturated rings. The van der Waals surface area contributed by atoms with E-state index in [9.17, 15) is 9.59 Å². The molecule has 5 nitrogen and oxygen atoms in total. The van der Waals surface area contributed by atoms with Gasteiger partial charge in [0.2, 0.25) is 5.91 Å². The van der Waals surface area contributed by atoms with Gasteiger partial charge in [-0.25, -0.2) is 4.79 Å². The van der Waals surface area contributed by atoms with Crippen molar-refractivity contribution >= 4 is 11.9 Å². The number of morpholine rings is 1. The molecule has 0 radical (unpaired) electrons. The Morgan fingerprint density at radius 1 is 1.27 bits per heavy atom. The molecular weight excluding hydrogens is 282 g/mol. The van der Waals surface area contributed by atoms with Crippen molar-refractivity contribution in [3.63, 3.8) is 0 Å². The van der Waals surface area contributed by atoms with E-state index in [0.29, 0.717) is 13.2 Å². The maximum atomic E-state index is 13.0. The van der Waals surface area contributed by atoms with Crippen molar-refractivity contribution in [1.29, 1.82) is 0 Å². The van der Waals surface area contributed by atoms with Gasteiger partial charge in [-0.2, -0.15) is 0 Å². The Kier molecular flexibility index (Phi) is 4.16. The fourth-order valence-electron chi connectivity index (χ4n) is 3.37. The molecule has 3 rings (SSSR count). The van der Waals surface area contributed by atoms with Crippen LogP contribution >= 0.6 is 0 Å². The fraction of sp³-hybridized carbons (Fsp3) is 0.529.